The van der Waals surface area contributed by atoms with Crippen LogP contribution in [0, 0.1) is 11.6 Å². The van der Waals surface area contributed by atoms with Crippen molar-refractivity contribution in [3.63, 3.8) is 0 Å². The molecule has 1 aromatic carbocycles. The number of hydrogen-bond donors (Lipinski definition) is 2. The van der Waals surface area contributed by atoms with Crippen molar-refractivity contribution in [1.82, 2.24) is 24.7 Å². The van der Waals surface area contributed by atoms with Crippen LogP contribution in [0.3, 0.4) is 0 Å². The van der Waals surface area contributed by atoms with Crippen molar-refractivity contribution in [1.29, 1.82) is 0 Å². The fourth-order valence-corrected chi connectivity index (χ4v) is 4.88. The molecule has 2 aliphatic rings. The van der Waals surface area contributed by atoms with Crippen LogP contribution in [0.5, 0.6) is 5.75 Å². The first-order valence-corrected chi connectivity index (χ1v) is 13.5. The largest absolute Gasteiger partial charge is 0.487 e. The van der Waals surface area contributed by atoms with Gasteiger partial charge in [0.05, 0.1) is 35.2 Å². The Labute approximate surface area is 230 Å². The van der Waals surface area contributed by atoms with E-state index in [1.165, 1.54) is 32.9 Å². The predicted octanol–water partition coefficient (Wildman–Crippen LogP) is 4.53. The Balaban J connectivity index is 1.33. The van der Waals surface area contributed by atoms with Crippen LogP contribution in [0.2, 0.25) is 0 Å². The third kappa shape index (κ3) is 4.99. The van der Waals surface area contributed by atoms with E-state index in [1.54, 1.807) is 18.5 Å². The van der Waals surface area contributed by atoms with Crippen molar-refractivity contribution in [2.75, 3.05) is 18.0 Å². The third-order valence-electron chi connectivity index (χ3n) is 7.95. The maximum atomic E-state index is 14.1. The van der Waals surface area contributed by atoms with Gasteiger partial charge in [-0.15, -0.1) is 0 Å². The average Bonchev–Trinajstić information content (AvgIpc) is 3.65. The summed E-state index contributed by atoms with van der Waals surface area (Å²) in [5, 5.41) is 26.1. The molecular formula is C29H32F2N6O3. The van der Waals surface area contributed by atoms with Gasteiger partial charge in [-0.05, 0) is 51.8 Å². The van der Waals surface area contributed by atoms with E-state index in [-0.39, 0.29) is 17.5 Å². The number of anilines is 1. The Bertz CT molecular complexity index is 1560. The van der Waals surface area contributed by atoms with E-state index < -0.39 is 22.8 Å². The number of halogens is 2. The minimum absolute atomic E-state index is 0.0393. The van der Waals surface area contributed by atoms with Crippen molar-refractivity contribution in [2.45, 2.75) is 69.8 Å². The van der Waals surface area contributed by atoms with Gasteiger partial charge in [0, 0.05) is 43.8 Å². The number of benzene rings is 1. The summed E-state index contributed by atoms with van der Waals surface area (Å²) in [6, 6.07) is 5.40. The minimum Gasteiger partial charge on any atom is -0.487 e. The second kappa shape index (κ2) is 9.74. The maximum absolute atomic E-state index is 14.1. The standard InChI is InChI=1S/C29H32F2N6O3/c1-28(2,38)29(3,39)25-13-22-23(15-32-25)34-26(17-14-33-37(16-17)19-5-6-19)27(35-22)36-10-8-20(9-11-36)40-24-7-4-18(30)12-21(24)31/h4,7,12-16,19-20,38-39H,5-6,8-11H2,1-3H3/t29-/m0/s1. The summed E-state index contributed by atoms with van der Waals surface area (Å²) in [4.78, 5) is 16.4. The quantitative estimate of drug-likeness (QED) is 0.346. The van der Waals surface area contributed by atoms with Gasteiger partial charge >= 0.3 is 0 Å². The highest BCUT2D eigenvalue weighted by molar-refractivity contribution is 5.83. The summed E-state index contributed by atoms with van der Waals surface area (Å²) >= 11 is 0. The number of hydrogen-bond acceptors (Lipinski definition) is 8. The number of piperidine rings is 1. The van der Waals surface area contributed by atoms with Gasteiger partial charge in [0.2, 0.25) is 0 Å². The van der Waals surface area contributed by atoms with Crippen molar-refractivity contribution >= 4 is 16.9 Å². The first-order chi connectivity index (χ1) is 19.0. The summed E-state index contributed by atoms with van der Waals surface area (Å²) in [6.45, 7) is 5.74. The summed E-state index contributed by atoms with van der Waals surface area (Å²) < 4.78 is 35.3. The van der Waals surface area contributed by atoms with E-state index >= 15 is 0 Å². The lowest BCUT2D eigenvalue weighted by molar-refractivity contribution is -0.127. The Morgan fingerprint density at radius 1 is 0.950 bits per heavy atom. The molecule has 2 N–H and O–H groups in total. The van der Waals surface area contributed by atoms with Gasteiger partial charge < -0.3 is 19.8 Å². The van der Waals surface area contributed by atoms with Gasteiger partial charge in [0.15, 0.2) is 17.4 Å². The number of nitrogens with zero attached hydrogens (tertiary/aromatic N) is 6. The Morgan fingerprint density at radius 2 is 1.70 bits per heavy atom. The van der Waals surface area contributed by atoms with Crippen LogP contribution in [0.4, 0.5) is 14.6 Å². The number of rotatable bonds is 7. The summed E-state index contributed by atoms with van der Waals surface area (Å²) in [7, 11) is 0. The molecule has 40 heavy (non-hydrogen) atoms. The normalized spacial score (nSPS) is 18.2. The molecule has 3 aromatic heterocycles. The fraction of sp³-hybridized carbons (Fsp3) is 0.448. The Hall–Kier alpha value is -3.70. The lowest BCUT2D eigenvalue weighted by Crippen LogP contribution is -2.45. The topological polar surface area (TPSA) is 109 Å². The summed E-state index contributed by atoms with van der Waals surface area (Å²) in [6.07, 6.45) is 8.53. The Kier molecular flexibility index (Phi) is 6.46. The molecule has 11 heteroatoms. The molecule has 0 unspecified atom stereocenters. The van der Waals surface area contributed by atoms with Crippen molar-refractivity contribution in [3.8, 4) is 17.0 Å². The number of fused-ring (bicyclic) bond motifs is 1. The van der Waals surface area contributed by atoms with Crippen LogP contribution in [0.15, 0.2) is 42.9 Å². The molecule has 1 aliphatic carbocycles. The molecule has 0 spiro atoms. The highest BCUT2D eigenvalue weighted by Gasteiger charge is 2.41. The smallest absolute Gasteiger partial charge is 0.167 e. The van der Waals surface area contributed by atoms with E-state index in [2.05, 4.69) is 15.0 Å². The molecule has 210 valence electrons. The second-order valence-electron chi connectivity index (χ2n) is 11.4. The Morgan fingerprint density at radius 3 is 2.38 bits per heavy atom. The van der Waals surface area contributed by atoms with Crippen molar-refractivity contribution < 1.29 is 23.7 Å². The third-order valence-corrected chi connectivity index (χ3v) is 7.95. The van der Waals surface area contributed by atoms with Crippen LogP contribution in [-0.2, 0) is 5.60 Å². The van der Waals surface area contributed by atoms with Gasteiger partial charge in [-0.2, -0.15) is 5.10 Å². The van der Waals surface area contributed by atoms with Crippen LogP contribution < -0.4 is 9.64 Å². The van der Waals surface area contributed by atoms with Gasteiger partial charge in [-0.3, -0.25) is 9.67 Å². The monoisotopic (exact) mass is 550 g/mol. The second-order valence-corrected chi connectivity index (χ2v) is 11.4. The van der Waals surface area contributed by atoms with Gasteiger partial charge in [0.25, 0.3) is 0 Å². The molecule has 9 nitrogen and oxygen atoms in total. The van der Waals surface area contributed by atoms with E-state index in [0.717, 1.165) is 24.5 Å². The molecule has 0 amide bonds. The van der Waals surface area contributed by atoms with Gasteiger partial charge in [0.1, 0.15) is 28.7 Å². The summed E-state index contributed by atoms with van der Waals surface area (Å²) in [5.41, 5.74) is -0.156. The lowest BCUT2D eigenvalue weighted by atomic mass is 9.84. The highest BCUT2D eigenvalue weighted by Crippen LogP contribution is 2.38. The van der Waals surface area contributed by atoms with Crippen molar-refractivity contribution in [2.24, 2.45) is 0 Å². The predicted molar refractivity (Wildman–Crippen MR) is 145 cm³/mol. The van der Waals surface area contributed by atoms with E-state index in [1.807, 2.05) is 10.9 Å². The molecule has 2 fully saturated rings. The molecule has 4 heterocycles. The number of aromatic nitrogens is 5. The molecular weight excluding hydrogens is 518 g/mol. The van der Waals surface area contributed by atoms with Crippen LogP contribution in [0.1, 0.15) is 58.2 Å². The number of ether oxygens (including phenoxy) is 1. The van der Waals surface area contributed by atoms with E-state index in [9.17, 15) is 19.0 Å². The zero-order valence-electron chi connectivity index (χ0n) is 22.7. The molecule has 1 atom stereocenters. The molecule has 0 radical (unpaired) electrons. The SMILES string of the molecule is CC(C)(O)[C@@](C)(O)c1cc2nc(N3CCC(Oc4ccc(F)cc4F)CC3)c(-c3cnn(C4CC4)c3)nc2cn1. The first kappa shape index (κ1) is 26.5. The highest BCUT2D eigenvalue weighted by atomic mass is 19.1. The van der Waals surface area contributed by atoms with Gasteiger partial charge in [-0.1, -0.05) is 0 Å². The van der Waals surface area contributed by atoms with Crippen molar-refractivity contribution in [3.05, 3.63) is 60.2 Å². The van der Waals surface area contributed by atoms with Crippen LogP contribution in [-0.4, -0.2) is 59.7 Å². The average molecular weight is 551 g/mol. The zero-order valence-corrected chi connectivity index (χ0v) is 22.7. The number of pyridine rings is 1. The van der Waals surface area contributed by atoms with Crippen LogP contribution in [0.25, 0.3) is 22.3 Å². The fourth-order valence-electron chi connectivity index (χ4n) is 4.88. The molecule has 4 aromatic rings. The summed E-state index contributed by atoms with van der Waals surface area (Å²) in [5.74, 6) is -0.662. The maximum Gasteiger partial charge on any atom is 0.167 e. The van der Waals surface area contributed by atoms with Crippen LogP contribution >= 0.6 is 0 Å². The van der Waals surface area contributed by atoms with Gasteiger partial charge in [-0.25, -0.2) is 18.7 Å². The minimum atomic E-state index is -1.61. The zero-order chi connectivity index (χ0) is 28.2. The molecule has 6 rings (SSSR count). The molecule has 0 bridgehead atoms. The first-order valence-electron chi connectivity index (χ1n) is 13.5. The molecule has 1 saturated heterocycles. The van der Waals surface area contributed by atoms with E-state index in [4.69, 9.17) is 14.7 Å². The molecule has 1 saturated carbocycles. The van der Waals surface area contributed by atoms with E-state index in [0.29, 0.717) is 54.5 Å². The molecule has 1 aliphatic heterocycles. The number of aliphatic hydroxyl groups is 2. The lowest BCUT2D eigenvalue weighted by Gasteiger charge is -2.35.